The van der Waals surface area contributed by atoms with Crippen molar-refractivity contribution in [1.82, 2.24) is 5.32 Å². The molecule has 6 heavy (non-hydrogen) atoms. The minimum atomic E-state index is -0.148. The zero-order valence-electron chi connectivity index (χ0n) is 3.81. The summed E-state index contributed by atoms with van der Waals surface area (Å²) >= 11 is 0. The quantitative estimate of drug-likeness (QED) is 0.417. The first-order chi connectivity index (χ1) is 2.80. The molecule has 0 aromatic carbocycles. The van der Waals surface area contributed by atoms with Crippen LogP contribution in [-0.4, -0.2) is 23.8 Å². The molecule has 2 N–H and O–H groups in total. The van der Waals surface area contributed by atoms with Gasteiger partial charge >= 0.3 is 0 Å². The van der Waals surface area contributed by atoms with Gasteiger partial charge in [0.25, 0.3) is 0 Å². The Hall–Kier alpha value is -0.0800. The van der Waals surface area contributed by atoms with Crippen LogP contribution in [0.1, 0.15) is 6.92 Å². The van der Waals surface area contributed by atoms with E-state index in [1.54, 1.807) is 6.92 Å². The van der Waals surface area contributed by atoms with Crippen LogP contribution in [-0.2, 0) is 0 Å². The monoisotopic (exact) mass is 87.1 g/mol. The van der Waals surface area contributed by atoms with Gasteiger partial charge in [0.2, 0.25) is 0 Å². The second kappa shape index (κ2) is 1.21. The van der Waals surface area contributed by atoms with E-state index in [4.69, 9.17) is 5.11 Å². The average molecular weight is 87.1 g/mol. The van der Waals surface area contributed by atoms with Crippen LogP contribution in [0.25, 0.3) is 0 Å². The largest absolute Gasteiger partial charge is 0.392 e. The van der Waals surface area contributed by atoms with Gasteiger partial charge in [-0.2, -0.15) is 0 Å². The lowest BCUT2D eigenvalue weighted by Gasteiger charge is -1.92. The SMILES string of the molecule is C[C@H](O)[C@@H]1CN1. The molecule has 0 bridgehead atoms. The minimum Gasteiger partial charge on any atom is -0.392 e. The zero-order chi connectivity index (χ0) is 4.57. The zero-order valence-corrected chi connectivity index (χ0v) is 3.81. The maximum Gasteiger partial charge on any atom is 0.0677 e. The van der Waals surface area contributed by atoms with Gasteiger partial charge in [-0.25, -0.2) is 0 Å². The maximum absolute atomic E-state index is 8.63. The molecule has 1 aliphatic rings. The Kier molecular flexibility index (Phi) is 0.821. The minimum absolute atomic E-state index is 0.148. The second-order valence-electron chi connectivity index (χ2n) is 1.76. The molecule has 0 aromatic heterocycles. The summed E-state index contributed by atoms with van der Waals surface area (Å²) in [7, 11) is 0. The van der Waals surface area contributed by atoms with E-state index in [9.17, 15) is 0 Å². The third-order valence-electron chi connectivity index (χ3n) is 1.02. The van der Waals surface area contributed by atoms with E-state index in [1.807, 2.05) is 0 Å². The number of aliphatic hydroxyl groups is 1. The average Bonchev–Trinajstić information content (AvgIpc) is 2.06. The Morgan fingerprint density at radius 1 is 2.00 bits per heavy atom. The van der Waals surface area contributed by atoms with E-state index in [1.165, 1.54) is 0 Å². The van der Waals surface area contributed by atoms with E-state index in [0.29, 0.717) is 6.04 Å². The van der Waals surface area contributed by atoms with Crippen molar-refractivity contribution < 1.29 is 5.11 Å². The van der Waals surface area contributed by atoms with Crippen LogP contribution >= 0.6 is 0 Å². The number of hydrogen-bond donors (Lipinski definition) is 2. The summed E-state index contributed by atoms with van der Waals surface area (Å²) in [6, 6.07) is 0.407. The molecule has 2 heteroatoms. The van der Waals surface area contributed by atoms with E-state index in [2.05, 4.69) is 5.32 Å². The summed E-state index contributed by atoms with van der Waals surface area (Å²) in [5.41, 5.74) is 0. The van der Waals surface area contributed by atoms with Crippen LogP contribution in [0.5, 0.6) is 0 Å². The summed E-state index contributed by atoms with van der Waals surface area (Å²) in [5.74, 6) is 0. The van der Waals surface area contributed by atoms with E-state index < -0.39 is 0 Å². The Balaban J connectivity index is 2.13. The molecular formula is C4H9NO. The van der Waals surface area contributed by atoms with Gasteiger partial charge in [0.15, 0.2) is 0 Å². The molecule has 2 nitrogen and oxygen atoms in total. The molecule has 1 heterocycles. The van der Waals surface area contributed by atoms with Crippen LogP contribution in [0.3, 0.4) is 0 Å². The van der Waals surface area contributed by atoms with Crippen molar-refractivity contribution in [3.05, 3.63) is 0 Å². The molecule has 0 unspecified atom stereocenters. The summed E-state index contributed by atoms with van der Waals surface area (Å²) < 4.78 is 0. The van der Waals surface area contributed by atoms with Gasteiger partial charge in [0.1, 0.15) is 0 Å². The molecule has 1 fully saturated rings. The predicted octanol–water partition coefficient (Wildman–Crippen LogP) is -0.661. The van der Waals surface area contributed by atoms with Crippen LogP contribution in [0.4, 0.5) is 0 Å². The molecule has 2 atom stereocenters. The topological polar surface area (TPSA) is 42.2 Å². The summed E-state index contributed by atoms with van der Waals surface area (Å²) in [6.07, 6.45) is -0.148. The van der Waals surface area contributed by atoms with Crippen LogP contribution in [0, 0.1) is 0 Å². The third kappa shape index (κ3) is 0.698. The van der Waals surface area contributed by atoms with Gasteiger partial charge < -0.3 is 10.4 Å². The molecule has 1 aliphatic heterocycles. The molecule has 1 saturated heterocycles. The smallest absolute Gasteiger partial charge is 0.0677 e. The molecule has 0 aliphatic carbocycles. The molecule has 0 spiro atoms. The predicted molar refractivity (Wildman–Crippen MR) is 23.5 cm³/mol. The van der Waals surface area contributed by atoms with E-state index >= 15 is 0 Å². The van der Waals surface area contributed by atoms with Crippen LogP contribution in [0.2, 0.25) is 0 Å². The van der Waals surface area contributed by atoms with Crippen LogP contribution < -0.4 is 5.32 Å². The molecule has 0 amide bonds. The van der Waals surface area contributed by atoms with Gasteiger partial charge in [0.05, 0.1) is 6.10 Å². The first kappa shape index (κ1) is 4.09. The fourth-order valence-corrected chi connectivity index (χ4v) is 0.409. The molecular weight excluding hydrogens is 78.0 g/mol. The molecule has 1 rings (SSSR count). The highest BCUT2D eigenvalue weighted by molar-refractivity contribution is 4.87. The van der Waals surface area contributed by atoms with Crippen LogP contribution in [0.15, 0.2) is 0 Å². The molecule has 0 saturated carbocycles. The fraction of sp³-hybridized carbons (Fsp3) is 1.00. The Morgan fingerprint density at radius 2 is 2.50 bits per heavy atom. The molecule has 36 valence electrons. The van der Waals surface area contributed by atoms with Gasteiger partial charge in [-0.05, 0) is 6.92 Å². The standard InChI is InChI=1S/C4H9NO/c1-3(6)4-2-5-4/h3-6H,2H2,1H3/t3-,4-/m0/s1. The van der Waals surface area contributed by atoms with Crippen molar-refractivity contribution in [3.63, 3.8) is 0 Å². The highest BCUT2D eigenvalue weighted by Crippen LogP contribution is 2.00. The van der Waals surface area contributed by atoms with Gasteiger partial charge in [-0.1, -0.05) is 0 Å². The summed E-state index contributed by atoms with van der Waals surface area (Å²) in [5, 5.41) is 11.6. The lowest BCUT2D eigenvalue weighted by molar-refractivity contribution is 0.193. The van der Waals surface area contributed by atoms with Crippen molar-refractivity contribution in [2.75, 3.05) is 6.54 Å². The van der Waals surface area contributed by atoms with Crippen molar-refractivity contribution in [2.24, 2.45) is 0 Å². The Morgan fingerprint density at radius 3 is 2.50 bits per heavy atom. The fourth-order valence-electron chi connectivity index (χ4n) is 0.409. The second-order valence-corrected chi connectivity index (χ2v) is 1.76. The van der Waals surface area contributed by atoms with E-state index in [0.717, 1.165) is 6.54 Å². The van der Waals surface area contributed by atoms with Crippen molar-refractivity contribution in [3.8, 4) is 0 Å². The number of hydrogen-bond acceptors (Lipinski definition) is 2. The summed E-state index contributed by atoms with van der Waals surface area (Å²) in [4.78, 5) is 0. The lowest BCUT2D eigenvalue weighted by Crippen LogP contribution is -2.10. The van der Waals surface area contributed by atoms with Crippen molar-refractivity contribution in [2.45, 2.75) is 19.1 Å². The van der Waals surface area contributed by atoms with E-state index in [-0.39, 0.29) is 6.10 Å². The van der Waals surface area contributed by atoms with Crippen molar-refractivity contribution in [1.29, 1.82) is 0 Å². The number of nitrogens with one attached hydrogen (secondary N) is 1. The normalized spacial score (nSPS) is 36.0. The first-order valence-electron chi connectivity index (χ1n) is 2.22. The Labute approximate surface area is 37.2 Å². The number of rotatable bonds is 1. The lowest BCUT2D eigenvalue weighted by atomic mass is 10.3. The molecule has 0 aromatic rings. The van der Waals surface area contributed by atoms with Gasteiger partial charge in [-0.3, -0.25) is 0 Å². The number of aliphatic hydroxyl groups excluding tert-OH is 1. The highest BCUT2D eigenvalue weighted by atomic mass is 16.3. The van der Waals surface area contributed by atoms with Crippen molar-refractivity contribution >= 4 is 0 Å². The molecule has 0 radical (unpaired) electrons. The summed E-state index contributed by atoms with van der Waals surface area (Å²) in [6.45, 7) is 2.79. The maximum atomic E-state index is 8.63. The van der Waals surface area contributed by atoms with Gasteiger partial charge in [0, 0.05) is 12.6 Å². The third-order valence-corrected chi connectivity index (χ3v) is 1.02. The Bertz CT molecular complexity index is 49.5. The highest BCUT2D eigenvalue weighted by Gasteiger charge is 2.24. The first-order valence-corrected chi connectivity index (χ1v) is 2.22. The van der Waals surface area contributed by atoms with Gasteiger partial charge in [-0.15, -0.1) is 0 Å².